The van der Waals surface area contributed by atoms with Gasteiger partial charge in [0.25, 0.3) is 0 Å². The lowest BCUT2D eigenvalue weighted by molar-refractivity contribution is 0.600. The Morgan fingerprint density at radius 2 is 2.29 bits per heavy atom. The Kier molecular flexibility index (Phi) is 4.36. The molecule has 1 heterocycles. The number of thiophene rings is 1. The number of hydrogen-bond acceptors (Lipinski definition) is 2. The van der Waals surface area contributed by atoms with E-state index in [1.54, 1.807) is 0 Å². The van der Waals surface area contributed by atoms with Gasteiger partial charge >= 0.3 is 0 Å². The molecule has 14 heavy (non-hydrogen) atoms. The highest BCUT2D eigenvalue weighted by molar-refractivity contribution is 7.12. The smallest absolute Gasteiger partial charge is 0.0449 e. The van der Waals surface area contributed by atoms with Crippen LogP contribution in [0.4, 0.5) is 0 Å². The number of rotatable bonds is 5. The van der Waals surface area contributed by atoms with Crippen molar-refractivity contribution >= 4 is 11.3 Å². The number of nitrogens with one attached hydrogen (secondary N) is 1. The van der Waals surface area contributed by atoms with Crippen LogP contribution in [0, 0.1) is 0 Å². The van der Waals surface area contributed by atoms with Gasteiger partial charge in [0.15, 0.2) is 0 Å². The summed E-state index contributed by atoms with van der Waals surface area (Å²) in [6.45, 7) is 8.24. The van der Waals surface area contributed by atoms with Crippen molar-refractivity contribution in [3.8, 4) is 0 Å². The van der Waals surface area contributed by atoms with Gasteiger partial charge in [-0.3, -0.25) is 0 Å². The van der Waals surface area contributed by atoms with Crippen molar-refractivity contribution in [1.29, 1.82) is 0 Å². The van der Waals surface area contributed by atoms with Crippen LogP contribution in [0.3, 0.4) is 0 Å². The molecule has 0 bridgehead atoms. The molecule has 1 aromatic heterocycles. The van der Waals surface area contributed by atoms with E-state index in [2.05, 4.69) is 37.9 Å². The molecule has 0 saturated heterocycles. The van der Waals surface area contributed by atoms with Gasteiger partial charge in [0.1, 0.15) is 0 Å². The predicted molar refractivity (Wildman–Crippen MR) is 64.9 cm³/mol. The van der Waals surface area contributed by atoms with E-state index in [1.165, 1.54) is 15.3 Å². The molecule has 1 rings (SSSR count). The Morgan fingerprint density at radius 1 is 1.57 bits per heavy atom. The largest absolute Gasteiger partial charge is 0.312 e. The highest BCUT2D eigenvalue weighted by atomic mass is 32.1. The van der Waals surface area contributed by atoms with Crippen LogP contribution in [0.25, 0.3) is 0 Å². The highest BCUT2D eigenvalue weighted by Crippen LogP contribution is 2.27. The summed E-state index contributed by atoms with van der Waals surface area (Å²) in [5, 5.41) is 3.34. The lowest BCUT2D eigenvalue weighted by atomic mass is 10.1. The molecule has 0 saturated carbocycles. The zero-order valence-electron chi connectivity index (χ0n) is 9.26. The van der Waals surface area contributed by atoms with Gasteiger partial charge in [-0.25, -0.2) is 0 Å². The van der Waals surface area contributed by atoms with Crippen molar-refractivity contribution < 1.29 is 0 Å². The Labute approximate surface area is 90.9 Å². The first-order valence-corrected chi connectivity index (χ1v) is 5.89. The quantitative estimate of drug-likeness (QED) is 0.731. The Hall–Kier alpha value is -0.600. The van der Waals surface area contributed by atoms with Crippen LogP contribution < -0.4 is 5.32 Å². The molecule has 2 heteroatoms. The molecule has 1 nitrogen and oxygen atoms in total. The first-order valence-electron chi connectivity index (χ1n) is 5.07. The van der Waals surface area contributed by atoms with Gasteiger partial charge in [-0.1, -0.05) is 12.5 Å². The Morgan fingerprint density at radius 3 is 2.71 bits per heavy atom. The minimum atomic E-state index is 0.442. The average molecular weight is 209 g/mol. The van der Waals surface area contributed by atoms with Crippen LogP contribution in [0.15, 0.2) is 24.3 Å². The van der Waals surface area contributed by atoms with E-state index in [0.717, 1.165) is 12.8 Å². The molecule has 0 aliphatic heterocycles. The van der Waals surface area contributed by atoms with Crippen molar-refractivity contribution in [3.63, 3.8) is 0 Å². The summed E-state index contributed by atoms with van der Waals surface area (Å²) >= 11 is 1.90. The van der Waals surface area contributed by atoms with Gasteiger partial charge in [0, 0.05) is 15.8 Å². The summed E-state index contributed by atoms with van der Waals surface area (Å²) in [5.74, 6) is 0. The topological polar surface area (TPSA) is 12.0 Å². The zero-order chi connectivity index (χ0) is 10.6. The monoisotopic (exact) mass is 209 g/mol. The first-order chi connectivity index (χ1) is 6.67. The summed E-state index contributed by atoms with van der Waals surface area (Å²) in [6, 6.07) is 4.90. The highest BCUT2D eigenvalue weighted by Gasteiger charge is 2.11. The molecule has 1 atom stereocenters. The SMILES string of the molecule is C=C(C)CC(NC)c1ccc(CC)s1. The number of hydrogen-bond donors (Lipinski definition) is 1. The van der Waals surface area contributed by atoms with Crippen molar-refractivity contribution in [3.05, 3.63) is 34.0 Å². The summed E-state index contributed by atoms with van der Waals surface area (Å²) in [7, 11) is 2.01. The molecule has 0 fully saturated rings. The summed E-state index contributed by atoms with van der Waals surface area (Å²) in [5.41, 5.74) is 1.23. The van der Waals surface area contributed by atoms with Crippen LogP contribution in [0.2, 0.25) is 0 Å². The van der Waals surface area contributed by atoms with Crippen LogP contribution in [0.5, 0.6) is 0 Å². The van der Waals surface area contributed by atoms with Crippen LogP contribution >= 0.6 is 11.3 Å². The van der Waals surface area contributed by atoms with E-state index in [-0.39, 0.29) is 0 Å². The van der Waals surface area contributed by atoms with E-state index in [1.807, 2.05) is 18.4 Å². The molecule has 1 aromatic rings. The third kappa shape index (κ3) is 2.96. The molecular formula is C12H19NS. The number of aryl methyl sites for hydroxylation is 1. The molecule has 1 N–H and O–H groups in total. The van der Waals surface area contributed by atoms with Gasteiger partial charge in [0.2, 0.25) is 0 Å². The van der Waals surface area contributed by atoms with Crippen LogP contribution in [-0.2, 0) is 6.42 Å². The minimum absolute atomic E-state index is 0.442. The molecule has 0 amide bonds. The van der Waals surface area contributed by atoms with Crippen molar-refractivity contribution in [2.24, 2.45) is 0 Å². The maximum Gasteiger partial charge on any atom is 0.0449 e. The van der Waals surface area contributed by atoms with Gasteiger partial charge in [-0.2, -0.15) is 0 Å². The van der Waals surface area contributed by atoms with Crippen molar-refractivity contribution in [2.45, 2.75) is 32.7 Å². The average Bonchev–Trinajstić information content (AvgIpc) is 2.62. The lowest BCUT2D eigenvalue weighted by Gasteiger charge is -2.13. The molecule has 0 aromatic carbocycles. The van der Waals surface area contributed by atoms with Gasteiger partial charge in [-0.15, -0.1) is 17.9 Å². The Balaban J connectivity index is 2.73. The van der Waals surface area contributed by atoms with E-state index >= 15 is 0 Å². The fourth-order valence-electron chi connectivity index (χ4n) is 1.47. The van der Waals surface area contributed by atoms with E-state index in [9.17, 15) is 0 Å². The van der Waals surface area contributed by atoms with Gasteiger partial charge in [0.05, 0.1) is 0 Å². The molecule has 1 unspecified atom stereocenters. The van der Waals surface area contributed by atoms with Gasteiger partial charge < -0.3 is 5.32 Å². The van der Waals surface area contributed by atoms with Crippen molar-refractivity contribution in [2.75, 3.05) is 7.05 Å². The second kappa shape index (κ2) is 5.32. The van der Waals surface area contributed by atoms with Crippen LogP contribution in [0.1, 0.15) is 36.1 Å². The Bertz CT molecular complexity index is 301. The lowest BCUT2D eigenvalue weighted by Crippen LogP contribution is -2.15. The zero-order valence-corrected chi connectivity index (χ0v) is 10.1. The predicted octanol–water partition coefficient (Wildman–Crippen LogP) is 3.54. The summed E-state index contributed by atoms with van der Waals surface area (Å²) in [6.07, 6.45) is 2.16. The second-order valence-corrected chi connectivity index (χ2v) is 4.86. The standard InChI is InChI=1S/C12H19NS/c1-5-10-6-7-12(14-10)11(13-4)8-9(2)3/h6-7,11,13H,2,5,8H2,1,3-4H3. The molecule has 0 radical (unpaired) electrons. The molecular weight excluding hydrogens is 190 g/mol. The summed E-state index contributed by atoms with van der Waals surface area (Å²) in [4.78, 5) is 2.88. The third-order valence-corrected chi connectivity index (χ3v) is 3.62. The molecule has 0 aliphatic carbocycles. The molecule has 0 aliphatic rings. The third-order valence-electron chi connectivity index (χ3n) is 2.28. The molecule has 78 valence electrons. The van der Waals surface area contributed by atoms with Crippen LogP contribution in [-0.4, -0.2) is 7.05 Å². The van der Waals surface area contributed by atoms with Crippen molar-refractivity contribution in [1.82, 2.24) is 5.32 Å². The normalized spacial score (nSPS) is 12.8. The second-order valence-electron chi connectivity index (χ2n) is 3.66. The maximum absolute atomic E-state index is 3.96. The maximum atomic E-state index is 3.96. The minimum Gasteiger partial charge on any atom is -0.312 e. The van der Waals surface area contributed by atoms with Gasteiger partial charge in [-0.05, 0) is 38.9 Å². The van der Waals surface area contributed by atoms with E-state index in [4.69, 9.17) is 0 Å². The fourth-order valence-corrected chi connectivity index (χ4v) is 2.53. The van der Waals surface area contributed by atoms with E-state index in [0.29, 0.717) is 6.04 Å². The molecule has 0 spiro atoms. The fraction of sp³-hybridized carbons (Fsp3) is 0.500. The first kappa shape index (κ1) is 11.5. The summed E-state index contributed by atoms with van der Waals surface area (Å²) < 4.78 is 0. The van der Waals surface area contributed by atoms with E-state index < -0.39 is 0 Å².